The van der Waals surface area contributed by atoms with Gasteiger partial charge in [0.1, 0.15) is 5.75 Å². The summed E-state index contributed by atoms with van der Waals surface area (Å²) in [6.45, 7) is 4.98. The molecule has 0 aliphatic heterocycles. The van der Waals surface area contributed by atoms with E-state index in [1.807, 2.05) is 24.4 Å². The van der Waals surface area contributed by atoms with Crippen LogP contribution in [-0.4, -0.2) is 39.4 Å². The first-order valence-corrected chi connectivity index (χ1v) is 9.40. The normalized spacial score (nSPS) is 12.3. The Balaban J connectivity index is 0.000000550. The zero-order chi connectivity index (χ0) is 19.0. The summed E-state index contributed by atoms with van der Waals surface area (Å²) in [6, 6.07) is 6.42. The second kappa shape index (κ2) is 9.70. The summed E-state index contributed by atoms with van der Waals surface area (Å²) in [4.78, 5) is 26.1. The second-order valence-corrected chi connectivity index (χ2v) is 6.72. The number of aromatic nitrogens is 1. The number of rotatable bonds is 6. The average molecular weight is 371 g/mol. The third kappa shape index (κ3) is 7.81. The van der Waals surface area contributed by atoms with Crippen LogP contribution in [0.2, 0.25) is 0 Å². The molecule has 0 radical (unpaired) electrons. The average Bonchev–Trinajstić information content (AvgIpc) is 2.52. The van der Waals surface area contributed by atoms with Crippen molar-refractivity contribution in [2.45, 2.75) is 32.7 Å². The molecule has 0 saturated heterocycles. The van der Waals surface area contributed by atoms with E-state index in [0.717, 1.165) is 41.7 Å². The van der Waals surface area contributed by atoms with E-state index in [0.29, 0.717) is 6.04 Å². The third-order valence-electron chi connectivity index (χ3n) is 3.52. The minimum absolute atomic E-state index is 0.358. The number of anilines is 1. The Kier molecular flexibility index (Phi) is 8.28. The number of ether oxygens (including phenoxy) is 1. The van der Waals surface area contributed by atoms with Gasteiger partial charge in [-0.3, -0.25) is 4.98 Å². The summed E-state index contributed by atoms with van der Waals surface area (Å²) in [6.07, 6.45) is 3.91. The molecule has 1 aromatic carbocycles. The minimum Gasteiger partial charge on any atom is -0.497 e. The molecule has 140 valence electrons. The van der Waals surface area contributed by atoms with Crippen LogP contribution < -0.4 is 15.8 Å². The number of hydrogen-bond donors (Lipinski definition) is 5. The summed E-state index contributed by atoms with van der Waals surface area (Å²) in [5.41, 5.74) is 8.78. The number of hydrogen-bond acceptors (Lipinski definition) is 5. The Morgan fingerprint density at radius 2 is 2.00 bits per heavy atom. The van der Waals surface area contributed by atoms with Crippen LogP contribution >= 0.6 is 7.82 Å². The van der Waals surface area contributed by atoms with Gasteiger partial charge in [-0.1, -0.05) is 0 Å². The highest BCUT2D eigenvalue weighted by atomic mass is 31.2. The predicted octanol–water partition coefficient (Wildman–Crippen LogP) is 2.16. The fourth-order valence-electron chi connectivity index (χ4n) is 2.35. The molecule has 8 nitrogen and oxygen atoms in total. The molecule has 1 heterocycles. The van der Waals surface area contributed by atoms with Crippen LogP contribution in [0.3, 0.4) is 0 Å². The van der Waals surface area contributed by atoms with E-state index in [9.17, 15) is 0 Å². The quantitative estimate of drug-likeness (QED) is 0.487. The van der Waals surface area contributed by atoms with Gasteiger partial charge in [-0.05, 0) is 50.9 Å². The lowest BCUT2D eigenvalue weighted by Crippen LogP contribution is -2.17. The van der Waals surface area contributed by atoms with Crippen molar-refractivity contribution in [2.24, 2.45) is 5.73 Å². The van der Waals surface area contributed by atoms with Gasteiger partial charge < -0.3 is 30.5 Å². The first-order chi connectivity index (χ1) is 11.7. The number of nitrogens with one attached hydrogen (secondary N) is 1. The van der Waals surface area contributed by atoms with E-state index >= 15 is 0 Å². The van der Waals surface area contributed by atoms with Gasteiger partial charge in [0.15, 0.2) is 0 Å². The molecule has 1 unspecified atom stereocenters. The molecule has 2 rings (SSSR count). The summed E-state index contributed by atoms with van der Waals surface area (Å²) >= 11 is 0. The summed E-state index contributed by atoms with van der Waals surface area (Å²) in [5, 5.41) is 4.65. The van der Waals surface area contributed by atoms with Crippen LogP contribution in [0.25, 0.3) is 10.9 Å². The first-order valence-electron chi connectivity index (χ1n) is 7.84. The van der Waals surface area contributed by atoms with Gasteiger partial charge in [-0.15, -0.1) is 0 Å². The Morgan fingerprint density at radius 1 is 1.36 bits per heavy atom. The highest BCUT2D eigenvalue weighted by molar-refractivity contribution is 7.45. The van der Waals surface area contributed by atoms with Crippen molar-refractivity contribution in [2.75, 3.05) is 19.0 Å². The molecule has 0 aliphatic carbocycles. The van der Waals surface area contributed by atoms with Gasteiger partial charge in [0.25, 0.3) is 0 Å². The maximum absolute atomic E-state index is 8.88. The molecule has 0 aliphatic rings. The lowest BCUT2D eigenvalue weighted by atomic mass is 10.1. The number of nitrogens with two attached hydrogens (primary N) is 1. The summed E-state index contributed by atoms with van der Waals surface area (Å²) < 4.78 is 14.3. The van der Waals surface area contributed by atoms with Gasteiger partial charge in [0.05, 0.1) is 18.3 Å². The highest BCUT2D eigenvalue weighted by Crippen LogP contribution is 2.30. The lowest BCUT2D eigenvalue weighted by Gasteiger charge is -2.17. The molecule has 2 aromatic rings. The molecule has 0 spiro atoms. The molecule has 0 bridgehead atoms. The van der Waals surface area contributed by atoms with Crippen molar-refractivity contribution in [3.05, 3.63) is 30.0 Å². The first kappa shape index (κ1) is 21.3. The van der Waals surface area contributed by atoms with Crippen molar-refractivity contribution in [3.8, 4) is 5.75 Å². The van der Waals surface area contributed by atoms with Gasteiger partial charge in [-0.2, -0.15) is 0 Å². The summed E-state index contributed by atoms with van der Waals surface area (Å²) in [5.74, 6) is 0.849. The maximum atomic E-state index is 8.88. The Labute approximate surface area is 147 Å². The minimum atomic E-state index is -4.64. The summed E-state index contributed by atoms with van der Waals surface area (Å²) in [7, 11) is -2.95. The zero-order valence-electron chi connectivity index (χ0n) is 14.6. The Bertz CT molecular complexity index is 727. The van der Waals surface area contributed by atoms with E-state index in [-0.39, 0.29) is 0 Å². The van der Waals surface area contributed by atoms with Crippen molar-refractivity contribution in [3.63, 3.8) is 0 Å². The number of methoxy groups -OCH3 is 1. The van der Waals surface area contributed by atoms with E-state index < -0.39 is 7.82 Å². The molecule has 0 amide bonds. The van der Waals surface area contributed by atoms with Gasteiger partial charge in [-0.25, -0.2) is 4.57 Å². The molecule has 9 heteroatoms. The Morgan fingerprint density at radius 3 is 2.56 bits per heavy atom. The fourth-order valence-corrected chi connectivity index (χ4v) is 2.35. The molecule has 1 aromatic heterocycles. The molecule has 0 saturated carbocycles. The number of nitrogens with zero attached hydrogens (tertiary/aromatic N) is 1. The van der Waals surface area contributed by atoms with E-state index in [1.165, 1.54) is 5.56 Å². The number of pyridine rings is 1. The molecular weight excluding hydrogens is 345 g/mol. The molecular formula is C16H26N3O5P. The van der Waals surface area contributed by atoms with Crippen LogP contribution in [0, 0.1) is 6.92 Å². The van der Waals surface area contributed by atoms with Crippen LogP contribution in [0.1, 0.15) is 25.3 Å². The zero-order valence-corrected chi connectivity index (χ0v) is 15.5. The topological polar surface area (TPSA) is 138 Å². The standard InChI is InChI=1S/C16H23N3O.H3O4P/c1-11-6-8-18-16-14(11)9-13(20-3)10-15(16)19-12(2)5-4-7-17;1-5(2,3)4/h6,8-10,12,19H,4-5,7,17H2,1-3H3;(H3,1,2,3,4). The van der Waals surface area contributed by atoms with Crippen LogP contribution in [0.15, 0.2) is 24.4 Å². The predicted molar refractivity (Wildman–Crippen MR) is 98.7 cm³/mol. The smallest absolute Gasteiger partial charge is 0.466 e. The van der Waals surface area contributed by atoms with Crippen molar-refractivity contribution in [1.82, 2.24) is 4.98 Å². The second-order valence-electron chi connectivity index (χ2n) is 5.69. The molecule has 25 heavy (non-hydrogen) atoms. The third-order valence-corrected chi connectivity index (χ3v) is 3.52. The van der Waals surface area contributed by atoms with E-state index in [1.54, 1.807) is 7.11 Å². The van der Waals surface area contributed by atoms with Crippen LogP contribution in [0.5, 0.6) is 5.75 Å². The largest absolute Gasteiger partial charge is 0.497 e. The SMILES string of the molecule is COc1cc(NC(C)CCCN)c2nccc(C)c2c1.O=P(O)(O)O. The number of aryl methyl sites for hydroxylation is 1. The van der Waals surface area contributed by atoms with Gasteiger partial charge >= 0.3 is 7.82 Å². The van der Waals surface area contributed by atoms with E-state index in [2.05, 4.69) is 24.1 Å². The fraction of sp³-hybridized carbons (Fsp3) is 0.438. The molecule has 0 fully saturated rings. The number of benzene rings is 1. The number of phosphoric acid groups is 1. The lowest BCUT2D eigenvalue weighted by molar-refractivity contribution is 0.275. The van der Waals surface area contributed by atoms with Crippen LogP contribution in [-0.2, 0) is 4.57 Å². The number of fused-ring (bicyclic) bond motifs is 1. The highest BCUT2D eigenvalue weighted by Gasteiger charge is 2.10. The van der Waals surface area contributed by atoms with Crippen molar-refractivity contribution in [1.29, 1.82) is 0 Å². The van der Waals surface area contributed by atoms with Gasteiger partial charge in [0, 0.05) is 23.7 Å². The molecule has 6 N–H and O–H groups in total. The van der Waals surface area contributed by atoms with Crippen molar-refractivity contribution >= 4 is 24.4 Å². The maximum Gasteiger partial charge on any atom is 0.466 e. The van der Waals surface area contributed by atoms with E-state index in [4.69, 9.17) is 29.7 Å². The monoisotopic (exact) mass is 371 g/mol. The van der Waals surface area contributed by atoms with Crippen LogP contribution in [0.4, 0.5) is 5.69 Å². The molecule has 1 atom stereocenters. The Hall–Kier alpha value is -1.70. The van der Waals surface area contributed by atoms with Crippen molar-refractivity contribution < 1.29 is 24.0 Å². The van der Waals surface area contributed by atoms with Gasteiger partial charge in [0.2, 0.25) is 0 Å².